The lowest BCUT2D eigenvalue weighted by Gasteiger charge is -2.33. The van der Waals surface area contributed by atoms with Crippen molar-refractivity contribution in [3.05, 3.63) is 0 Å². The average molecular weight is 229 g/mol. The molecule has 0 aromatic carbocycles. The molecule has 0 aromatic heterocycles. The van der Waals surface area contributed by atoms with Gasteiger partial charge in [-0.25, -0.2) is 0 Å². The summed E-state index contributed by atoms with van der Waals surface area (Å²) in [7, 11) is 0. The van der Waals surface area contributed by atoms with Crippen molar-refractivity contribution in [3.63, 3.8) is 0 Å². The summed E-state index contributed by atoms with van der Waals surface area (Å²) in [6.45, 7) is 9.08. The fourth-order valence-corrected chi connectivity index (χ4v) is 1.88. The number of nitrogens with zero attached hydrogens (tertiary/aromatic N) is 2. The third kappa shape index (κ3) is 4.92. The van der Waals surface area contributed by atoms with E-state index in [9.17, 15) is 4.79 Å². The first-order valence-electron chi connectivity index (χ1n) is 5.96. The van der Waals surface area contributed by atoms with Crippen molar-refractivity contribution in [3.8, 4) is 0 Å². The summed E-state index contributed by atoms with van der Waals surface area (Å²) in [6, 6.07) is 0.211. The van der Waals surface area contributed by atoms with Crippen LogP contribution < -0.4 is 5.32 Å². The molecule has 0 radical (unpaired) electrons. The minimum atomic E-state index is 0.102. The van der Waals surface area contributed by atoms with E-state index in [0.717, 1.165) is 32.7 Å². The number of piperazine rings is 1. The molecule has 1 amide bonds. The summed E-state index contributed by atoms with van der Waals surface area (Å²) >= 11 is 0. The zero-order valence-corrected chi connectivity index (χ0v) is 10.3. The highest BCUT2D eigenvalue weighted by Crippen LogP contribution is 2.00. The molecule has 2 N–H and O–H groups in total. The Bertz CT molecular complexity index is 213. The molecule has 1 fully saturated rings. The number of aliphatic hydroxyl groups is 1. The number of carbonyl (C=O) groups excluding carboxylic acids is 1. The quantitative estimate of drug-likeness (QED) is 0.643. The van der Waals surface area contributed by atoms with Gasteiger partial charge in [0.2, 0.25) is 5.91 Å². The van der Waals surface area contributed by atoms with Crippen molar-refractivity contribution in [2.24, 2.45) is 0 Å². The molecule has 94 valence electrons. The van der Waals surface area contributed by atoms with E-state index >= 15 is 0 Å². The van der Waals surface area contributed by atoms with Crippen LogP contribution in [0.4, 0.5) is 0 Å². The third-order valence-electron chi connectivity index (χ3n) is 2.70. The van der Waals surface area contributed by atoms with Crippen LogP contribution in [0.2, 0.25) is 0 Å². The Morgan fingerprint density at radius 2 is 1.81 bits per heavy atom. The van der Waals surface area contributed by atoms with Gasteiger partial charge in [0.25, 0.3) is 0 Å². The number of β-amino-alcohol motifs (C(OH)–C–C–N with tert-alkyl or cyclic N) is 1. The molecular formula is C11H23N3O2. The number of nitrogens with one attached hydrogen (secondary N) is 1. The monoisotopic (exact) mass is 229 g/mol. The summed E-state index contributed by atoms with van der Waals surface area (Å²) in [5.41, 5.74) is 0. The predicted octanol–water partition coefficient (Wildman–Crippen LogP) is -0.879. The molecule has 0 unspecified atom stereocenters. The summed E-state index contributed by atoms with van der Waals surface area (Å²) in [5, 5.41) is 11.7. The highest BCUT2D eigenvalue weighted by Gasteiger charge is 2.18. The number of aliphatic hydroxyl groups excluding tert-OH is 1. The molecule has 1 rings (SSSR count). The van der Waals surface area contributed by atoms with E-state index in [2.05, 4.69) is 15.1 Å². The Morgan fingerprint density at radius 1 is 1.25 bits per heavy atom. The first-order chi connectivity index (χ1) is 7.61. The Balaban J connectivity index is 2.19. The molecule has 1 aliphatic heterocycles. The van der Waals surface area contributed by atoms with E-state index < -0.39 is 0 Å². The van der Waals surface area contributed by atoms with Gasteiger partial charge in [-0.05, 0) is 13.8 Å². The second-order valence-electron chi connectivity index (χ2n) is 4.56. The molecule has 0 aromatic rings. The molecule has 0 atom stereocenters. The van der Waals surface area contributed by atoms with Gasteiger partial charge in [0, 0.05) is 38.8 Å². The van der Waals surface area contributed by atoms with Gasteiger partial charge in [0.1, 0.15) is 0 Å². The van der Waals surface area contributed by atoms with E-state index in [1.807, 2.05) is 13.8 Å². The number of hydrogen-bond acceptors (Lipinski definition) is 4. The first kappa shape index (κ1) is 13.4. The van der Waals surface area contributed by atoms with Crippen molar-refractivity contribution >= 4 is 5.91 Å². The molecule has 16 heavy (non-hydrogen) atoms. The standard InChI is InChI=1S/C11H23N3O2/c1-10(2)12-11(16)9-14-5-3-13(4-6-14)7-8-15/h10,15H,3-9H2,1-2H3,(H,12,16). The van der Waals surface area contributed by atoms with Crippen LogP contribution in [-0.4, -0.2) is 72.7 Å². The lowest BCUT2D eigenvalue weighted by Crippen LogP contribution is -2.50. The SMILES string of the molecule is CC(C)NC(=O)CN1CCN(CCO)CC1. The van der Waals surface area contributed by atoms with Crippen LogP contribution in [0.3, 0.4) is 0 Å². The molecule has 1 aliphatic rings. The Labute approximate surface area is 97.4 Å². The van der Waals surface area contributed by atoms with Crippen molar-refractivity contribution in [2.45, 2.75) is 19.9 Å². The van der Waals surface area contributed by atoms with Crippen LogP contribution in [0, 0.1) is 0 Å². The van der Waals surface area contributed by atoms with E-state index in [1.165, 1.54) is 0 Å². The fraction of sp³-hybridized carbons (Fsp3) is 0.909. The van der Waals surface area contributed by atoms with Gasteiger partial charge in [0.15, 0.2) is 0 Å². The van der Waals surface area contributed by atoms with Crippen molar-refractivity contribution in [1.29, 1.82) is 0 Å². The van der Waals surface area contributed by atoms with Crippen LogP contribution in [0.1, 0.15) is 13.8 Å². The molecule has 1 heterocycles. The van der Waals surface area contributed by atoms with E-state index in [1.54, 1.807) is 0 Å². The third-order valence-corrected chi connectivity index (χ3v) is 2.70. The van der Waals surface area contributed by atoms with Crippen LogP contribution >= 0.6 is 0 Å². The van der Waals surface area contributed by atoms with Gasteiger partial charge in [-0.15, -0.1) is 0 Å². The lowest BCUT2D eigenvalue weighted by atomic mass is 10.3. The number of carbonyl (C=O) groups is 1. The fourth-order valence-electron chi connectivity index (χ4n) is 1.88. The Kier molecular flexibility index (Phi) is 5.73. The van der Waals surface area contributed by atoms with Gasteiger partial charge < -0.3 is 10.4 Å². The summed E-state index contributed by atoms with van der Waals surface area (Å²) < 4.78 is 0. The van der Waals surface area contributed by atoms with Gasteiger partial charge in [0.05, 0.1) is 13.2 Å². The topological polar surface area (TPSA) is 55.8 Å². The predicted molar refractivity (Wildman–Crippen MR) is 63.2 cm³/mol. The van der Waals surface area contributed by atoms with Crippen molar-refractivity contribution in [2.75, 3.05) is 45.9 Å². The zero-order valence-electron chi connectivity index (χ0n) is 10.3. The molecule has 0 aliphatic carbocycles. The van der Waals surface area contributed by atoms with Crippen LogP contribution in [0.15, 0.2) is 0 Å². The minimum absolute atomic E-state index is 0.102. The molecule has 5 nitrogen and oxygen atoms in total. The Hall–Kier alpha value is -0.650. The first-order valence-corrected chi connectivity index (χ1v) is 5.96. The average Bonchev–Trinajstić information content (AvgIpc) is 2.20. The number of amides is 1. The maximum Gasteiger partial charge on any atom is 0.234 e. The molecule has 5 heteroatoms. The Morgan fingerprint density at radius 3 is 2.31 bits per heavy atom. The summed E-state index contributed by atoms with van der Waals surface area (Å²) in [6.07, 6.45) is 0. The minimum Gasteiger partial charge on any atom is -0.395 e. The number of rotatable bonds is 5. The van der Waals surface area contributed by atoms with Crippen LogP contribution in [-0.2, 0) is 4.79 Å². The van der Waals surface area contributed by atoms with E-state index in [-0.39, 0.29) is 18.6 Å². The molecule has 1 saturated heterocycles. The maximum absolute atomic E-state index is 11.5. The molecular weight excluding hydrogens is 206 g/mol. The summed E-state index contributed by atoms with van der Waals surface area (Å²) in [5.74, 6) is 0.102. The number of hydrogen-bond donors (Lipinski definition) is 2. The second kappa shape index (κ2) is 6.83. The highest BCUT2D eigenvalue weighted by molar-refractivity contribution is 5.78. The van der Waals surface area contributed by atoms with E-state index in [4.69, 9.17) is 5.11 Å². The van der Waals surface area contributed by atoms with Crippen molar-refractivity contribution in [1.82, 2.24) is 15.1 Å². The van der Waals surface area contributed by atoms with E-state index in [0.29, 0.717) is 6.54 Å². The zero-order chi connectivity index (χ0) is 12.0. The van der Waals surface area contributed by atoms with Gasteiger partial charge in [-0.1, -0.05) is 0 Å². The van der Waals surface area contributed by atoms with Crippen LogP contribution in [0.25, 0.3) is 0 Å². The smallest absolute Gasteiger partial charge is 0.234 e. The molecule has 0 spiro atoms. The largest absolute Gasteiger partial charge is 0.395 e. The van der Waals surface area contributed by atoms with Crippen molar-refractivity contribution < 1.29 is 9.90 Å². The lowest BCUT2D eigenvalue weighted by molar-refractivity contribution is -0.123. The maximum atomic E-state index is 11.5. The normalized spacial score (nSPS) is 19.0. The van der Waals surface area contributed by atoms with Gasteiger partial charge in [-0.2, -0.15) is 0 Å². The summed E-state index contributed by atoms with van der Waals surface area (Å²) in [4.78, 5) is 15.9. The second-order valence-corrected chi connectivity index (χ2v) is 4.56. The highest BCUT2D eigenvalue weighted by atomic mass is 16.3. The van der Waals surface area contributed by atoms with Gasteiger partial charge >= 0.3 is 0 Å². The molecule has 0 bridgehead atoms. The molecule has 0 saturated carbocycles. The van der Waals surface area contributed by atoms with Gasteiger partial charge in [-0.3, -0.25) is 14.6 Å². The van der Waals surface area contributed by atoms with Crippen LogP contribution in [0.5, 0.6) is 0 Å².